The average molecular weight is 302 g/mol. The van der Waals surface area contributed by atoms with Crippen LogP contribution >= 0.6 is 27.3 Å². The van der Waals surface area contributed by atoms with Gasteiger partial charge in [0.2, 0.25) is 0 Å². The van der Waals surface area contributed by atoms with Crippen molar-refractivity contribution in [2.75, 3.05) is 7.11 Å². The van der Waals surface area contributed by atoms with Crippen LogP contribution in [0.15, 0.2) is 28.1 Å². The zero-order chi connectivity index (χ0) is 11.5. The lowest BCUT2D eigenvalue weighted by Crippen LogP contribution is -1.87. The van der Waals surface area contributed by atoms with Gasteiger partial charge in [-0.05, 0) is 18.2 Å². The summed E-state index contributed by atoms with van der Waals surface area (Å²) in [5.41, 5.74) is 1.63. The highest BCUT2D eigenvalue weighted by Crippen LogP contribution is 2.31. The molecule has 0 aliphatic heterocycles. The highest BCUT2D eigenvalue weighted by molar-refractivity contribution is 9.10. The number of hydrogen-bond donors (Lipinski definition) is 0. The van der Waals surface area contributed by atoms with Gasteiger partial charge < -0.3 is 4.74 Å². The smallest absolute Gasteiger partial charge is 0.124 e. The van der Waals surface area contributed by atoms with Crippen molar-refractivity contribution in [3.63, 3.8) is 0 Å². The van der Waals surface area contributed by atoms with Crippen molar-refractivity contribution in [1.29, 1.82) is 0 Å². The molecule has 0 spiro atoms. The molecule has 1 heterocycles. The zero-order valence-electron chi connectivity index (χ0n) is 8.54. The fraction of sp³-hybridized carbons (Fsp3) is 0.182. The Morgan fingerprint density at radius 3 is 3.06 bits per heavy atom. The number of methoxy groups -OCH3 is 1. The number of rotatable bonds is 3. The summed E-state index contributed by atoms with van der Waals surface area (Å²) in [7, 11) is 1.62. The second kappa shape index (κ2) is 5.03. The molecular weight excluding hydrogens is 293 g/mol. The molecule has 0 bridgehead atoms. The Bertz CT molecular complexity index is 500. The van der Waals surface area contributed by atoms with Crippen molar-refractivity contribution in [2.24, 2.45) is 0 Å². The van der Waals surface area contributed by atoms with Gasteiger partial charge in [-0.2, -0.15) is 0 Å². The molecule has 84 valence electrons. The molecule has 0 amide bonds. The topological polar surface area (TPSA) is 22.1 Å². The van der Waals surface area contributed by atoms with E-state index in [-0.39, 0.29) is 5.82 Å². The average Bonchev–Trinajstić information content (AvgIpc) is 2.71. The van der Waals surface area contributed by atoms with Crippen molar-refractivity contribution in [1.82, 2.24) is 4.98 Å². The lowest BCUT2D eigenvalue weighted by Gasteiger charge is -2.00. The fourth-order valence-corrected chi connectivity index (χ4v) is 2.71. The number of halogens is 2. The molecule has 0 atom stereocenters. The number of nitrogens with zero attached hydrogens (tertiary/aromatic N) is 1. The van der Waals surface area contributed by atoms with E-state index in [4.69, 9.17) is 4.74 Å². The van der Waals surface area contributed by atoms with Crippen LogP contribution < -0.4 is 0 Å². The lowest BCUT2D eigenvalue weighted by atomic mass is 10.2. The van der Waals surface area contributed by atoms with E-state index in [0.717, 1.165) is 20.7 Å². The minimum atomic E-state index is -0.262. The highest BCUT2D eigenvalue weighted by atomic mass is 79.9. The zero-order valence-corrected chi connectivity index (χ0v) is 10.9. The molecule has 0 aliphatic rings. The summed E-state index contributed by atoms with van der Waals surface area (Å²) in [4.78, 5) is 4.37. The quantitative estimate of drug-likeness (QED) is 0.859. The molecule has 0 aliphatic carbocycles. The van der Waals surface area contributed by atoms with Gasteiger partial charge in [0.1, 0.15) is 10.8 Å². The van der Waals surface area contributed by atoms with Crippen LogP contribution in [0.1, 0.15) is 5.69 Å². The predicted octanol–water partition coefficient (Wildman–Crippen LogP) is 3.86. The number of ether oxygens (including phenoxy) is 1. The lowest BCUT2D eigenvalue weighted by molar-refractivity contribution is 0.182. The maximum absolute atomic E-state index is 13.1. The molecule has 0 fully saturated rings. The van der Waals surface area contributed by atoms with Crippen molar-refractivity contribution in [2.45, 2.75) is 6.61 Å². The minimum Gasteiger partial charge on any atom is -0.378 e. The molecule has 2 aromatic rings. The van der Waals surface area contributed by atoms with Crippen molar-refractivity contribution in [3.8, 4) is 10.6 Å². The summed E-state index contributed by atoms with van der Waals surface area (Å²) in [5, 5.41) is 2.70. The Kier molecular flexibility index (Phi) is 3.68. The largest absolute Gasteiger partial charge is 0.378 e. The van der Waals surface area contributed by atoms with Crippen LogP contribution in [0.3, 0.4) is 0 Å². The molecule has 0 radical (unpaired) electrons. The molecule has 1 aromatic carbocycles. The van der Waals surface area contributed by atoms with Gasteiger partial charge in [-0.3, -0.25) is 0 Å². The Hall–Kier alpha value is -0.780. The van der Waals surface area contributed by atoms with Gasteiger partial charge in [-0.15, -0.1) is 11.3 Å². The van der Waals surface area contributed by atoms with E-state index in [9.17, 15) is 4.39 Å². The van der Waals surface area contributed by atoms with Crippen molar-refractivity contribution in [3.05, 3.63) is 39.6 Å². The van der Waals surface area contributed by atoms with Gasteiger partial charge in [-0.1, -0.05) is 15.9 Å². The normalized spacial score (nSPS) is 10.7. The van der Waals surface area contributed by atoms with Gasteiger partial charge in [-0.25, -0.2) is 9.37 Å². The molecule has 2 nitrogen and oxygen atoms in total. The third-order valence-corrected chi connectivity index (χ3v) is 3.62. The second-order valence-corrected chi connectivity index (χ2v) is 4.91. The molecule has 0 saturated carbocycles. The Morgan fingerprint density at radius 1 is 1.50 bits per heavy atom. The van der Waals surface area contributed by atoms with Crippen LogP contribution in [0.4, 0.5) is 4.39 Å². The first-order chi connectivity index (χ1) is 7.70. The summed E-state index contributed by atoms with van der Waals surface area (Å²) < 4.78 is 18.9. The third-order valence-electron chi connectivity index (χ3n) is 2.00. The van der Waals surface area contributed by atoms with E-state index >= 15 is 0 Å². The van der Waals surface area contributed by atoms with E-state index in [1.807, 2.05) is 5.38 Å². The Balaban J connectivity index is 2.38. The summed E-state index contributed by atoms with van der Waals surface area (Å²) in [6.45, 7) is 0.476. The van der Waals surface area contributed by atoms with Crippen LogP contribution in [0.25, 0.3) is 10.6 Å². The highest BCUT2D eigenvalue weighted by Gasteiger charge is 2.09. The number of benzene rings is 1. The monoisotopic (exact) mass is 301 g/mol. The Morgan fingerprint density at radius 2 is 2.31 bits per heavy atom. The minimum absolute atomic E-state index is 0.262. The van der Waals surface area contributed by atoms with Crippen molar-refractivity contribution < 1.29 is 9.13 Å². The van der Waals surface area contributed by atoms with Crippen LogP contribution in [0, 0.1) is 5.82 Å². The fourth-order valence-electron chi connectivity index (χ4n) is 1.31. The van der Waals surface area contributed by atoms with Crippen LogP contribution in [-0.2, 0) is 11.3 Å². The molecular formula is C11H9BrFNOS. The van der Waals surface area contributed by atoms with Crippen LogP contribution in [-0.4, -0.2) is 12.1 Å². The first-order valence-corrected chi connectivity index (χ1v) is 6.26. The third kappa shape index (κ3) is 2.48. The van der Waals surface area contributed by atoms with Crippen LogP contribution in [0.2, 0.25) is 0 Å². The van der Waals surface area contributed by atoms with Gasteiger partial charge >= 0.3 is 0 Å². The Labute approximate surface area is 105 Å². The van der Waals surface area contributed by atoms with E-state index in [0.29, 0.717) is 6.61 Å². The van der Waals surface area contributed by atoms with Gasteiger partial charge in [0, 0.05) is 22.5 Å². The standard InChI is InChI=1S/C11H9BrFNOS/c1-15-5-8-6-16-11(14-8)9-4-7(13)2-3-10(9)12/h2-4,6H,5H2,1H3. The molecule has 0 unspecified atom stereocenters. The van der Waals surface area contributed by atoms with Gasteiger partial charge in [0.25, 0.3) is 0 Å². The maximum Gasteiger partial charge on any atom is 0.124 e. The van der Waals surface area contributed by atoms with Crippen LogP contribution in [0.5, 0.6) is 0 Å². The van der Waals surface area contributed by atoms with E-state index < -0.39 is 0 Å². The maximum atomic E-state index is 13.1. The van der Waals surface area contributed by atoms with Gasteiger partial charge in [0.05, 0.1) is 12.3 Å². The van der Waals surface area contributed by atoms with Gasteiger partial charge in [0.15, 0.2) is 0 Å². The molecule has 0 N–H and O–H groups in total. The molecule has 2 rings (SSSR count). The first kappa shape index (κ1) is 11.7. The number of thiazole rings is 1. The SMILES string of the molecule is COCc1csc(-c2cc(F)ccc2Br)n1. The van der Waals surface area contributed by atoms with E-state index in [1.165, 1.54) is 23.5 Å². The second-order valence-electron chi connectivity index (χ2n) is 3.20. The van der Waals surface area contributed by atoms with E-state index in [2.05, 4.69) is 20.9 Å². The predicted molar refractivity (Wildman–Crippen MR) is 65.9 cm³/mol. The molecule has 5 heteroatoms. The van der Waals surface area contributed by atoms with E-state index in [1.54, 1.807) is 13.2 Å². The molecule has 0 saturated heterocycles. The summed E-state index contributed by atoms with van der Waals surface area (Å²) in [5.74, 6) is -0.262. The number of hydrogen-bond acceptors (Lipinski definition) is 3. The van der Waals surface area contributed by atoms with Crippen molar-refractivity contribution >= 4 is 27.3 Å². The molecule has 16 heavy (non-hydrogen) atoms. The summed E-state index contributed by atoms with van der Waals surface area (Å²) >= 11 is 4.86. The summed E-state index contributed by atoms with van der Waals surface area (Å²) in [6.07, 6.45) is 0. The molecule has 1 aromatic heterocycles. The first-order valence-electron chi connectivity index (χ1n) is 4.59. The number of aromatic nitrogens is 1. The summed E-state index contributed by atoms with van der Waals surface area (Å²) in [6, 6.07) is 4.57.